The fourth-order valence-corrected chi connectivity index (χ4v) is 3.73. The molecule has 0 radical (unpaired) electrons. The van der Waals surface area contributed by atoms with Gasteiger partial charge >= 0.3 is 0 Å². The van der Waals surface area contributed by atoms with Gasteiger partial charge in [0.1, 0.15) is 5.65 Å². The molecular formula is C21H21ClN6O. The van der Waals surface area contributed by atoms with Crippen molar-refractivity contribution in [2.24, 2.45) is 0 Å². The number of nitrogens with one attached hydrogen (secondary N) is 1. The van der Waals surface area contributed by atoms with E-state index in [9.17, 15) is 4.79 Å². The summed E-state index contributed by atoms with van der Waals surface area (Å²) in [5.74, 6) is 0.308. The van der Waals surface area contributed by atoms with Crippen LogP contribution in [0.3, 0.4) is 0 Å². The first kappa shape index (κ1) is 18.1. The summed E-state index contributed by atoms with van der Waals surface area (Å²) in [6, 6.07) is 5.74. The maximum atomic E-state index is 13.0. The number of carbonyl (C=O) groups excluding carboxylic acids is 1. The molecular weight excluding hydrogens is 388 g/mol. The van der Waals surface area contributed by atoms with E-state index in [0.717, 1.165) is 40.9 Å². The van der Waals surface area contributed by atoms with Gasteiger partial charge in [-0.05, 0) is 44.9 Å². The summed E-state index contributed by atoms with van der Waals surface area (Å²) in [7, 11) is 0. The molecule has 0 saturated heterocycles. The highest BCUT2D eigenvalue weighted by Crippen LogP contribution is 2.40. The lowest BCUT2D eigenvalue weighted by Crippen LogP contribution is -2.23. The third-order valence-corrected chi connectivity index (χ3v) is 5.43. The third kappa shape index (κ3) is 3.35. The van der Waals surface area contributed by atoms with Crippen LogP contribution in [0.25, 0.3) is 16.7 Å². The fourth-order valence-electron chi connectivity index (χ4n) is 3.56. The van der Waals surface area contributed by atoms with Gasteiger partial charge in [-0.15, -0.1) is 0 Å². The van der Waals surface area contributed by atoms with Crippen LogP contribution in [0.15, 0.2) is 36.8 Å². The number of hydrogen-bond donors (Lipinski definition) is 1. The highest BCUT2D eigenvalue weighted by molar-refractivity contribution is 6.30. The number of halogens is 1. The van der Waals surface area contributed by atoms with Crippen molar-refractivity contribution in [1.29, 1.82) is 0 Å². The van der Waals surface area contributed by atoms with Crippen molar-refractivity contribution in [3.05, 3.63) is 58.8 Å². The highest BCUT2D eigenvalue weighted by atomic mass is 35.5. The normalized spacial score (nSPS) is 14.2. The first-order valence-corrected chi connectivity index (χ1v) is 10.2. The largest absolute Gasteiger partial charge is 0.346 e. The van der Waals surface area contributed by atoms with E-state index < -0.39 is 0 Å². The Hall–Kier alpha value is -2.93. The molecule has 7 nitrogen and oxygen atoms in total. The van der Waals surface area contributed by atoms with E-state index >= 15 is 0 Å². The van der Waals surface area contributed by atoms with Gasteiger partial charge in [-0.25, -0.2) is 14.6 Å². The lowest BCUT2D eigenvalue weighted by molar-refractivity contribution is 0.0952. The van der Waals surface area contributed by atoms with Crippen LogP contribution in [0.4, 0.5) is 0 Å². The molecule has 0 aliphatic heterocycles. The molecule has 1 N–H and O–H groups in total. The van der Waals surface area contributed by atoms with Crippen molar-refractivity contribution in [3.8, 4) is 0 Å². The fraction of sp³-hybridized carbons (Fsp3) is 0.333. The van der Waals surface area contributed by atoms with Crippen molar-refractivity contribution in [2.75, 3.05) is 0 Å². The Morgan fingerprint density at radius 1 is 1.28 bits per heavy atom. The second-order valence-electron chi connectivity index (χ2n) is 7.82. The number of rotatable bonds is 5. The molecule has 1 aliphatic carbocycles. The summed E-state index contributed by atoms with van der Waals surface area (Å²) in [5.41, 5.74) is 3.94. The Bertz CT molecular complexity index is 1240. The number of amides is 1. The number of aromatic nitrogens is 5. The summed E-state index contributed by atoms with van der Waals surface area (Å²) in [6.07, 6.45) is 7.65. The van der Waals surface area contributed by atoms with Gasteiger partial charge in [-0.1, -0.05) is 11.6 Å². The zero-order chi connectivity index (χ0) is 20.1. The quantitative estimate of drug-likeness (QED) is 0.538. The van der Waals surface area contributed by atoms with Gasteiger partial charge in [0.15, 0.2) is 5.65 Å². The zero-order valence-corrected chi connectivity index (χ0v) is 17.0. The van der Waals surface area contributed by atoms with Crippen molar-refractivity contribution in [3.63, 3.8) is 0 Å². The molecule has 0 spiro atoms. The van der Waals surface area contributed by atoms with Crippen LogP contribution in [-0.4, -0.2) is 30.1 Å². The molecule has 148 valence electrons. The molecule has 0 atom stereocenters. The number of fused-ring (bicyclic) bond motifs is 2. The van der Waals surface area contributed by atoms with Gasteiger partial charge in [0, 0.05) is 30.0 Å². The smallest absolute Gasteiger partial charge is 0.252 e. The van der Waals surface area contributed by atoms with Gasteiger partial charge in [-0.2, -0.15) is 5.10 Å². The minimum Gasteiger partial charge on any atom is -0.346 e. The summed E-state index contributed by atoms with van der Waals surface area (Å²) in [4.78, 5) is 22.4. The van der Waals surface area contributed by atoms with Crippen molar-refractivity contribution in [2.45, 2.75) is 45.2 Å². The average Bonchev–Trinajstić information content (AvgIpc) is 3.33. The van der Waals surface area contributed by atoms with Crippen LogP contribution in [0.2, 0.25) is 5.02 Å². The molecule has 8 heteroatoms. The molecule has 4 heterocycles. The van der Waals surface area contributed by atoms with E-state index in [4.69, 9.17) is 16.6 Å². The predicted octanol–water partition coefficient (Wildman–Crippen LogP) is 4.12. The van der Waals surface area contributed by atoms with E-state index in [-0.39, 0.29) is 11.9 Å². The first-order valence-electron chi connectivity index (χ1n) is 9.79. The molecule has 1 fully saturated rings. The van der Waals surface area contributed by atoms with Crippen LogP contribution >= 0.6 is 11.6 Å². The monoisotopic (exact) mass is 408 g/mol. The van der Waals surface area contributed by atoms with Crippen molar-refractivity contribution in [1.82, 2.24) is 29.5 Å². The summed E-state index contributed by atoms with van der Waals surface area (Å²) in [5, 5.41) is 8.87. The molecule has 29 heavy (non-hydrogen) atoms. The van der Waals surface area contributed by atoms with E-state index in [0.29, 0.717) is 23.0 Å². The van der Waals surface area contributed by atoms with Crippen LogP contribution in [0.5, 0.6) is 0 Å². The lowest BCUT2D eigenvalue weighted by Gasteiger charge is -2.10. The van der Waals surface area contributed by atoms with Gasteiger partial charge in [0.05, 0.1) is 34.4 Å². The first-order chi connectivity index (χ1) is 14.0. The Balaban J connectivity index is 1.45. The average molecular weight is 409 g/mol. The third-order valence-electron chi connectivity index (χ3n) is 5.21. The molecule has 0 bridgehead atoms. The number of pyridine rings is 2. The van der Waals surface area contributed by atoms with E-state index in [1.54, 1.807) is 18.5 Å². The van der Waals surface area contributed by atoms with Crippen LogP contribution in [-0.2, 0) is 6.54 Å². The van der Waals surface area contributed by atoms with E-state index in [2.05, 4.69) is 29.2 Å². The Morgan fingerprint density at radius 2 is 2.10 bits per heavy atom. The maximum Gasteiger partial charge on any atom is 0.252 e. The Kier molecular flexibility index (Phi) is 4.28. The lowest BCUT2D eigenvalue weighted by atomic mass is 10.1. The van der Waals surface area contributed by atoms with Gasteiger partial charge < -0.3 is 9.72 Å². The molecule has 4 aromatic heterocycles. The number of carbonyl (C=O) groups is 1. The molecule has 1 amide bonds. The van der Waals surface area contributed by atoms with Crippen molar-refractivity contribution < 1.29 is 4.79 Å². The summed E-state index contributed by atoms with van der Waals surface area (Å²) < 4.78 is 3.73. The van der Waals surface area contributed by atoms with E-state index in [1.165, 1.54) is 0 Å². The van der Waals surface area contributed by atoms with Crippen LogP contribution in [0.1, 0.15) is 60.4 Å². The van der Waals surface area contributed by atoms with E-state index in [1.807, 2.05) is 27.4 Å². The van der Waals surface area contributed by atoms with Crippen molar-refractivity contribution >= 4 is 34.2 Å². The second kappa shape index (κ2) is 6.84. The van der Waals surface area contributed by atoms with Gasteiger partial charge in [-0.3, -0.25) is 4.79 Å². The standard InChI is InChI=1S/C21H21ClN6O/c1-12(2)28-20-17(9-24-28)16(7-18(26-20)13-3-4-13)21(29)23-8-15-11-27-10-14(22)5-6-19(27)25-15/h5-7,9-13H,3-4,8H2,1-2H3,(H,23,29). The molecule has 0 aromatic carbocycles. The molecule has 0 unspecified atom stereocenters. The zero-order valence-electron chi connectivity index (χ0n) is 16.3. The SMILES string of the molecule is CC(C)n1ncc2c(C(=O)NCc3cn4cc(Cl)ccc4n3)cc(C3CC3)nc21. The Labute approximate surface area is 172 Å². The van der Waals surface area contributed by atoms with Crippen LogP contribution < -0.4 is 5.32 Å². The minimum absolute atomic E-state index is 0.141. The summed E-state index contributed by atoms with van der Waals surface area (Å²) >= 11 is 6.03. The van der Waals surface area contributed by atoms with Gasteiger partial charge in [0.25, 0.3) is 5.91 Å². The second-order valence-corrected chi connectivity index (χ2v) is 8.25. The molecule has 1 aliphatic rings. The number of imidazole rings is 1. The number of nitrogens with zero attached hydrogens (tertiary/aromatic N) is 5. The topological polar surface area (TPSA) is 77.1 Å². The molecule has 1 saturated carbocycles. The number of hydrogen-bond acceptors (Lipinski definition) is 4. The van der Waals surface area contributed by atoms with Gasteiger partial charge in [0.2, 0.25) is 0 Å². The molecule has 5 rings (SSSR count). The maximum absolute atomic E-state index is 13.0. The minimum atomic E-state index is -0.141. The highest BCUT2D eigenvalue weighted by Gasteiger charge is 2.28. The van der Waals surface area contributed by atoms with Crippen LogP contribution in [0, 0.1) is 0 Å². The molecule has 4 aromatic rings. The Morgan fingerprint density at radius 3 is 2.86 bits per heavy atom. The summed E-state index contributed by atoms with van der Waals surface area (Å²) in [6.45, 7) is 4.46. The predicted molar refractivity (Wildman–Crippen MR) is 111 cm³/mol.